The standard InChI is InChI=1S/C57H80O6/c1-4-7-10-13-16-19-22-24-26-28-30-32-35-38-41-44-47-50-56(59)62-53-54(52-61-55(58)49-46-43-40-37-34-21-18-15-12-9-6-3)63-57(60)51-48-45-42-39-36-33-31-29-27-25-23-20-17-14-11-8-5-2/h7-14,16-33,35-37,40,54H,4-6,15,34,38-39,41-53H2,1-3H3/b10-7-,11-8-,12-9-,16-13-,17-14-,21-18-,22-19-,23-20-,26-24-,27-25-,30-28+,31-29+,35-32-,36-33-,40-37-. The molecule has 0 aliphatic heterocycles. The van der Waals surface area contributed by atoms with Crippen molar-refractivity contribution in [1.82, 2.24) is 0 Å². The molecule has 0 aromatic heterocycles. The maximum Gasteiger partial charge on any atom is 0.306 e. The minimum absolute atomic E-state index is 0.147. The van der Waals surface area contributed by atoms with Crippen LogP contribution in [0.2, 0.25) is 0 Å². The third-order valence-corrected chi connectivity index (χ3v) is 8.71. The van der Waals surface area contributed by atoms with Crippen molar-refractivity contribution >= 4 is 17.9 Å². The molecule has 6 heteroatoms. The third-order valence-electron chi connectivity index (χ3n) is 8.71. The number of unbranched alkanes of at least 4 members (excludes halogenated alkanes) is 7. The van der Waals surface area contributed by atoms with E-state index in [1.807, 2.05) is 122 Å². The number of hydrogen-bond acceptors (Lipinski definition) is 6. The van der Waals surface area contributed by atoms with Gasteiger partial charge in [-0.3, -0.25) is 14.4 Å². The van der Waals surface area contributed by atoms with Crippen LogP contribution in [0.1, 0.15) is 136 Å². The molecule has 63 heavy (non-hydrogen) atoms. The zero-order chi connectivity index (χ0) is 45.8. The Morgan fingerprint density at radius 3 is 1.10 bits per heavy atom. The van der Waals surface area contributed by atoms with Crippen molar-refractivity contribution in [2.75, 3.05) is 13.2 Å². The normalized spacial score (nSPS) is 13.8. The summed E-state index contributed by atoms with van der Waals surface area (Å²) in [5, 5.41) is 0. The van der Waals surface area contributed by atoms with Gasteiger partial charge in [-0.2, -0.15) is 0 Å². The van der Waals surface area contributed by atoms with Crippen LogP contribution in [0.3, 0.4) is 0 Å². The second-order valence-corrected chi connectivity index (χ2v) is 14.5. The van der Waals surface area contributed by atoms with Gasteiger partial charge >= 0.3 is 17.9 Å². The Labute approximate surface area is 383 Å². The average molecular weight is 861 g/mol. The number of rotatable bonds is 38. The summed E-state index contributed by atoms with van der Waals surface area (Å²) in [5.41, 5.74) is 0. The number of ether oxygens (including phenoxy) is 3. The van der Waals surface area contributed by atoms with Gasteiger partial charge in [0.05, 0.1) is 0 Å². The van der Waals surface area contributed by atoms with E-state index < -0.39 is 6.10 Å². The average Bonchev–Trinajstić information content (AvgIpc) is 3.28. The summed E-state index contributed by atoms with van der Waals surface area (Å²) in [7, 11) is 0. The molecule has 0 aliphatic rings. The second-order valence-electron chi connectivity index (χ2n) is 14.5. The van der Waals surface area contributed by atoms with Crippen molar-refractivity contribution in [1.29, 1.82) is 0 Å². The molecule has 0 rings (SSSR count). The quantitative estimate of drug-likeness (QED) is 0.0202. The van der Waals surface area contributed by atoms with Gasteiger partial charge in [0.2, 0.25) is 0 Å². The van der Waals surface area contributed by atoms with Crippen molar-refractivity contribution < 1.29 is 28.6 Å². The Morgan fingerprint density at radius 2 is 0.667 bits per heavy atom. The van der Waals surface area contributed by atoms with Crippen molar-refractivity contribution in [2.24, 2.45) is 0 Å². The van der Waals surface area contributed by atoms with E-state index in [2.05, 4.69) is 81.5 Å². The molecule has 0 heterocycles. The molecule has 0 bridgehead atoms. The molecule has 0 aromatic carbocycles. The molecule has 0 amide bonds. The Bertz CT molecular complexity index is 1600. The van der Waals surface area contributed by atoms with Gasteiger partial charge in [0.1, 0.15) is 13.2 Å². The van der Waals surface area contributed by atoms with Crippen LogP contribution in [0.15, 0.2) is 182 Å². The van der Waals surface area contributed by atoms with E-state index in [0.29, 0.717) is 19.3 Å². The second kappa shape index (κ2) is 49.2. The minimum atomic E-state index is -0.850. The highest BCUT2D eigenvalue weighted by Gasteiger charge is 2.19. The monoisotopic (exact) mass is 861 g/mol. The summed E-state index contributed by atoms with van der Waals surface area (Å²) in [6.07, 6.45) is 74.5. The summed E-state index contributed by atoms with van der Waals surface area (Å²) in [6.45, 7) is 6.05. The van der Waals surface area contributed by atoms with Gasteiger partial charge < -0.3 is 14.2 Å². The maximum atomic E-state index is 12.8. The predicted octanol–water partition coefficient (Wildman–Crippen LogP) is 15.4. The number of hydrogen-bond donors (Lipinski definition) is 0. The molecule has 1 atom stereocenters. The largest absolute Gasteiger partial charge is 0.462 e. The van der Waals surface area contributed by atoms with Gasteiger partial charge in [0.15, 0.2) is 6.10 Å². The van der Waals surface area contributed by atoms with Gasteiger partial charge in [-0.1, -0.05) is 216 Å². The molecular weight excluding hydrogens is 781 g/mol. The molecule has 0 radical (unpaired) electrons. The Balaban J connectivity index is 4.68. The van der Waals surface area contributed by atoms with Crippen LogP contribution in [0.4, 0.5) is 0 Å². The van der Waals surface area contributed by atoms with E-state index in [1.165, 1.54) is 0 Å². The van der Waals surface area contributed by atoms with Gasteiger partial charge in [-0.15, -0.1) is 0 Å². The van der Waals surface area contributed by atoms with E-state index in [4.69, 9.17) is 14.2 Å². The lowest BCUT2D eigenvalue weighted by molar-refractivity contribution is -0.167. The Morgan fingerprint density at radius 1 is 0.333 bits per heavy atom. The van der Waals surface area contributed by atoms with E-state index in [9.17, 15) is 14.4 Å². The lowest BCUT2D eigenvalue weighted by Gasteiger charge is -2.18. The molecule has 0 N–H and O–H groups in total. The highest BCUT2D eigenvalue weighted by Crippen LogP contribution is 2.10. The first-order valence-corrected chi connectivity index (χ1v) is 23.5. The van der Waals surface area contributed by atoms with Gasteiger partial charge in [0.25, 0.3) is 0 Å². The molecule has 344 valence electrons. The zero-order valence-corrected chi connectivity index (χ0v) is 39.0. The highest BCUT2D eigenvalue weighted by atomic mass is 16.6. The summed E-state index contributed by atoms with van der Waals surface area (Å²) >= 11 is 0. The lowest BCUT2D eigenvalue weighted by Crippen LogP contribution is -2.30. The molecule has 0 fully saturated rings. The van der Waals surface area contributed by atoms with Gasteiger partial charge in [-0.05, 0) is 83.5 Å². The first kappa shape index (κ1) is 57.5. The first-order valence-electron chi connectivity index (χ1n) is 23.5. The fourth-order valence-electron chi connectivity index (χ4n) is 5.29. The predicted molar refractivity (Wildman–Crippen MR) is 269 cm³/mol. The van der Waals surface area contributed by atoms with Crippen LogP contribution in [-0.2, 0) is 28.6 Å². The number of allylic oxidation sites excluding steroid dienone is 30. The molecule has 6 nitrogen and oxygen atoms in total. The van der Waals surface area contributed by atoms with Crippen molar-refractivity contribution in [2.45, 2.75) is 142 Å². The summed E-state index contributed by atoms with van der Waals surface area (Å²) < 4.78 is 16.6. The Hall–Kier alpha value is -5.49. The third kappa shape index (κ3) is 47.4. The zero-order valence-electron chi connectivity index (χ0n) is 39.0. The van der Waals surface area contributed by atoms with Crippen LogP contribution < -0.4 is 0 Å². The van der Waals surface area contributed by atoms with Gasteiger partial charge in [-0.25, -0.2) is 0 Å². The number of carbonyl (C=O) groups excluding carboxylic acids is 3. The molecule has 0 aliphatic carbocycles. The van der Waals surface area contributed by atoms with Crippen LogP contribution in [-0.4, -0.2) is 37.2 Å². The lowest BCUT2D eigenvalue weighted by atomic mass is 10.1. The molecule has 0 aromatic rings. The van der Waals surface area contributed by atoms with Crippen molar-refractivity contribution in [3.8, 4) is 0 Å². The SMILES string of the molecule is CC\C=C/C=C\C=C/C=C\C=C\C=C/CCCCCC(=O)OCC(COC(=O)CCC/C=C\C/C=C\C/C=C\CC)OC(=O)CCCCC\C=C/C=C/C=C\C=C/C=C\C=C/CC. The minimum Gasteiger partial charge on any atom is -0.462 e. The number of esters is 3. The van der Waals surface area contributed by atoms with E-state index >= 15 is 0 Å². The van der Waals surface area contributed by atoms with Crippen LogP contribution in [0.5, 0.6) is 0 Å². The highest BCUT2D eigenvalue weighted by molar-refractivity contribution is 5.71. The van der Waals surface area contributed by atoms with E-state index in [0.717, 1.165) is 77.0 Å². The molecular formula is C57H80O6. The smallest absolute Gasteiger partial charge is 0.306 e. The van der Waals surface area contributed by atoms with Crippen LogP contribution in [0, 0.1) is 0 Å². The number of carbonyl (C=O) groups is 3. The fraction of sp³-hybridized carbons (Fsp3) is 0.421. The maximum absolute atomic E-state index is 12.8. The topological polar surface area (TPSA) is 78.9 Å². The van der Waals surface area contributed by atoms with Crippen molar-refractivity contribution in [3.63, 3.8) is 0 Å². The molecule has 0 spiro atoms. The summed E-state index contributed by atoms with van der Waals surface area (Å²) in [4.78, 5) is 37.8. The molecule has 1 unspecified atom stereocenters. The Kier molecular flexibility index (Phi) is 44.9. The van der Waals surface area contributed by atoms with E-state index in [1.54, 1.807) is 0 Å². The molecule has 0 saturated carbocycles. The fourth-order valence-corrected chi connectivity index (χ4v) is 5.29. The van der Waals surface area contributed by atoms with E-state index in [-0.39, 0.29) is 50.4 Å². The van der Waals surface area contributed by atoms with Crippen molar-refractivity contribution in [3.05, 3.63) is 182 Å². The van der Waals surface area contributed by atoms with Crippen LogP contribution in [0.25, 0.3) is 0 Å². The molecule has 0 saturated heterocycles. The summed E-state index contributed by atoms with van der Waals surface area (Å²) in [6, 6.07) is 0. The summed E-state index contributed by atoms with van der Waals surface area (Å²) in [5.74, 6) is -1.11. The first-order chi connectivity index (χ1) is 31.0. The van der Waals surface area contributed by atoms with Gasteiger partial charge in [0, 0.05) is 19.3 Å². The van der Waals surface area contributed by atoms with Crippen LogP contribution >= 0.6 is 0 Å².